The third-order valence-corrected chi connectivity index (χ3v) is 19.0. The molecule has 6 heterocycles. The Kier molecular flexibility index (Phi) is 0.492. The fourth-order valence-electron chi connectivity index (χ4n) is 3.29. The molecule has 6 spiro atoms. The molecule has 0 nitrogen and oxygen atoms in total. The van der Waals surface area contributed by atoms with Crippen molar-refractivity contribution in [3.05, 3.63) is 0 Å². The smallest absolute Gasteiger partial charge is 0.116 e. The molecule has 0 amide bonds. The maximum Gasteiger partial charge on any atom is 0.116 e. The molecule has 0 aromatic rings. The summed E-state index contributed by atoms with van der Waals surface area (Å²) >= 11 is 14.0. The van der Waals surface area contributed by atoms with Gasteiger partial charge in [-0.1, -0.05) is 0 Å². The molecule has 6 saturated heterocycles. The maximum absolute atomic E-state index is 2.33. The number of thioether (sulfide) groups is 6. The average molecular weight is 264 g/mol. The largest absolute Gasteiger partial charge is 0.116 e. The summed E-state index contributed by atoms with van der Waals surface area (Å²) in [7, 11) is 0. The van der Waals surface area contributed by atoms with Gasteiger partial charge in [0, 0.05) is 0 Å². The Labute approximate surface area is 94.3 Å². The van der Waals surface area contributed by atoms with Gasteiger partial charge in [0.25, 0.3) is 0 Å². The lowest BCUT2D eigenvalue weighted by Gasteiger charge is -1.88. The molecule has 0 bridgehead atoms. The Hall–Kier alpha value is 2.10. The first-order chi connectivity index (χ1) is 5.74. The first-order valence-electron chi connectivity index (χ1n) is 3.95. The highest BCUT2D eigenvalue weighted by Gasteiger charge is 3.30. The van der Waals surface area contributed by atoms with Crippen LogP contribution in [0.3, 0.4) is 0 Å². The van der Waals surface area contributed by atoms with Crippen LogP contribution in [0.4, 0.5) is 0 Å². The van der Waals surface area contributed by atoms with Crippen LogP contribution in [0.15, 0.2) is 0 Å². The van der Waals surface area contributed by atoms with E-state index < -0.39 is 0 Å². The van der Waals surface area contributed by atoms with Crippen LogP contribution in [-0.4, -0.2) is 24.5 Å². The van der Waals surface area contributed by atoms with Crippen molar-refractivity contribution < 1.29 is 0 Å². The summed E-state index contributed by atoms with van der Waals surface area (Å²) in [6.07, 6.45) is 0. The lowest BCUT2D eigenvalue weighted by atomic mass is 10.0. The highest BCUT2D eigenvalue weighted by molar-refractivity contribution is 8.63. The van der Waals surface area contributed by atoms with Crippen molar-refractivity contribution in [2.45, 2.75) is 24.5 Å². The van der Waals surface area contributed by atoms with Crippen molar-refractivity contribution in [2.75, 3.05) is 0 Å². The Morgan fingerprint density at radius 3 is 0.667 bits per heavy atom. The highest BCUT2D eigenvalue weighted by Crippen LogP contribution is 3.31. The third-order valence-electron chi connectivity index (χ3n) is 4.07. The molecule has 7 rings (SSSR count). The maximum atomic E-state index is 2.33. The zero-order valence-corrected chi connectivity index (χ0v) is 10.3. The molecule has 7 aliphatic rings. The molecule has 12 heavy (non-hydrogen) atoms. The molecule has 0 N–H and O–H groups in total. The van der Waals surface area contributed by atoms with Crippen molar-refractivity contribution in [3.63, 3.8) is 0 Å². The minimum Gasteiger partial charge on any atom is -0.116 e. The molecule has 0 atom stereocenters. The van der Waals surface area contributed by atoms with E-state index in [1.165, 1.54) is 0 Å². The summed E-state index contributed by atoms with van der Waals surface area (Å²) in [5, 5.41) is 0. The lowest BCUT2D eigenvalue weighted by Crippen LogP contribution is -2.20. The molecule has 7 fully saturated rings. The Morgan fingerprint density at radius 1 is 0.333 bits per heavy atom. The zero-order chi connectivity index (χ0) is 7.24. The molecule has 6 heteroatoms. The minimum atomic E-state index is 0.756. The number of rotatable bonds is 0. The Balaban J connectivity index is 1.80. The van der Waals surface area contributed by atoms with Crippen LogP contribution in [0.25, 0.3) is 0 Å². The third kappa shape index (κ3) is 0.232. The predicted octanol–water partition coefficient (Wildman–Crippen LogP) is 2.66. The molecule has 6 aliphatic heterocycles. The van der Waals surface area contributed by atoms with E-state index in [2.05, 4.69) is 70.6 Å². The molecular formula is C6S6. The monoisotopic (exact) mass is 264 g/mol. The molecule has 60 valence electrons. The van der Waals surface area contributed by atoms with Gasteiger partial charge in [0.1, 0.15) is 24.5 Å². The summed E-state index contributed by atoms with van der Waals surface area (Å²) in [5.74, 6) is 0. The van der Waals surface area contributed by atoms with Crippen LogP contribution in [0.2, 0.25) is 0 Å². The summed E-state index contributed by atoms with van der Waals surface area (Å²) in [6.45, 7) is 0. The van der Waals surface area contributed by atoms with E-state index in [0.29, 0.717) is 0 Å². The topological polar surface area (TPSA) is 0 Å². The molecule has 0 aromatic carbocycles. The molecule has 0 radical (unpaired) electrons. The number of hydrogen-bond donors (Lipinski definition) is 0. The van der Waals surface area contributed by atoms with Crippen molar-refractivity contribution in [2.24, 2.45) is 0 Å². The number of hydrogen-bond acceptors (Lipinski definition) is 6. The SMILES string of the molecule is S1C23SC24SC42SC24SC42SC132. The van der Waals surface area contributed by atoms with Gasteiger partial charge >= 0.3 is 0 Å². The zero-order valence-electron chi connectivity index (χ0n) is 5.45. The van der Waals surface area contributed by atoms with E-state index in [1.54, 1.807) is 0 Å². The second-order valence-corrected chi connectivity index (χ2v) is 14.4. The first-order valence-corrected chi connectivity index (χ1v) is 8.85. The second kappa shape index (κ2) is 0.986. The van der Waals surface area contributed by atoms with Gasteiger partial charge in [-0.05, 0) is 0 Å². The van der Waals surface area contributed by atoms with Crippen molar-refractivity contribution in [1.82, 2.24) is 0 Å². The predicted molar refractivity (Wildman–Crippen MR) is 61.9 cm³/mol. The van der Waals surface area contributed by atoms with Crippen LogP contribution in [0, 0.1) is 0 Å². The van der Waals surface area contributed by atoms with Crippen LogP contribution in [0.1, 0.15) is 0 Å². The Morgan fingerprint density at radius 2 is 0.500 bits per heavy atom. The molecule has 0 unspecified atom stereocenters. The molecule has 1 saturated carbocycles. The van der Waals surface area contributed by atoms with Crippen molar-refractivity contribution in [3.8, 4) is 0 Å². The van der Waals surface area contributed by atoms with Gasteiger partial charge in [0.05, 0.1) is 0 Å². The summed E-state index contributed by atoms with van der Waals surface area (Å²) in [6, 6.07) is 0. The highest BCUT2D eigenvalue weighted by atomic mass is 32.3. The normalized spacial score (nSPS) is 108. The minimum absolute atomic E-state index is 0.756. The van der Waals surface area contributed by atoms with Gasteiger partial charge in [-0.25, -0.2) is 0 Å². The van der Waals surface area contributed by atoms with E-state index in [4.69, 9.17) is 0 Å². The van der Waals surface area contributed by atoms with E-state index in [9.17, 15) is 0 Å². The van der Waals surface area contributed by atoms with Gasteiger partial charge in [0.2, 0.25) is 0 Å². The fourth-order valence-corrected chi connectivity index (χ4v) is 21.7. The van der Waals surface area contributed by atoms with Gasteiger partial charge in [-0.15, -0.1) is 70.6 Å². The average Bonchev–Trinajstić information content (AvgIpc) is 2.71. The van der Waals surface area contributed by atoms with Gasteiger partial charge in [0.15, 0.2) is 0 Å². The molecule has 0 aromatic heterocycles. The van der Waals surface area contributed by atoms with Gasteiger partial charge in [-0.3, -0.25) is 0 Å². The van der Waals surface area contributed by atoms with E-state index in [-0.39, 0.29) is 0 Å². The summed E-state index contributed by atoms with van der Waals surface area (Å²) < 4.78 is 4.53. The van der Waals surface area contributed by atoms with Gasteiger partial charge < -0.3 is 0 Å². The van der Waals surface area contributed by atoms with Crippen LogP contribution in [0.5, 0.6) is 0 Å². The fraction of sp³-hybridized carbons (Fsp3) is 1.00. The van der Waals surface area contributed by atoms with E-state index in [1.807, 2.05) is 0 Å². The summed E-state index contributed by atoms with van der Waals surface area (Å²) in [5.41, 5.74) is 0. The first kappa shape index (κ1) is 5.99. The van der Waals surface area contributed by atoms with Crippen LogP contribution < -0.4 is 0 Å². The van der Waals surface area contributed by atoms with Crippen molar-refractivity contribution >= 4 is 70.6 Å². The lowest BCUT2D eigenvalue weighted by molar-refractivity contribution is 0.732. The van der Waals surface area contributed by atoms with Crippen LogP contribution >= 0.6 is 70.6 Å². The van der Waals surface area contributed by atoms with E-state index in [0.717, 1.165) is 24.5 Å². The standard InChI is InChI=1S/C6S6/c7-1-2(7)4(9-2)6(11-4)5(12-6)3(1,8-1)10-5. The Bertz CT molecular complexity index is 308. The van der Waals surface area contributed by atoms with Gasteiger partial charge in [-0.2, -0.15) is 0 Å². The quantitative estimate of drug-likeness (QED) is 0.613. The second-order valence-electron chi connectivity index (χ2n) is 4.31. The van der Waals surface area contributed by atoms with E-state index >= 15 is 0 Å². The van der Waals surface area contributed by atoms with Crippen LogP contribution in [-0.2, 0) is 0 Å². The summed E-state index contributed by atoms with van der Waals surface area (Å²) in [4.78, 5) is 0. The van der Waals surface area contributed by atoms with Crippen molar-refractivity contribution in [1.29, 1.82) is 0 Å². The molecule has 1 aliphatic carbocycles. The molecular weight excluding hydrogens is 264 g/mol.